The molecule has 0 aromatic heterocycles. The summed E-state index contributed by atoms with van der Waals surface area (Å²) < 4.78 is 24.8. The Balaban J connectivity index is 3.65. The summed E-state index contributed by atoms with van der Waals surface area (Å²) in [5.74, 6) is -3.99. The van der Waals surface area contributed by atoms with E-state index in [4.69, 9.17) is 5.11 Å². The molecule has 0 aliphatic carbocycles. The van der Waals surface area contributed by atoms with E-state index in [9.17, 15) is 18.2 Å². The lowest BCUT2D eigenvalue weighted by Gasteiger charge is -1.91. The third-order valence-corrected chi connectivity index (χ3v) is 0.371. The normalized spacial score (nSPS) is 8.22. The third kappa shape index (κ3) is 3.45. The summed E-state index contributed by atoms with van der Waals surface area (Å²) in [6, 6.07) is 0. The number of carbonyl (C=O) groups excluding carboxylic acids is 1. The second-order valence-electron chi connectivity index (χ2n) is 0.971. The first-order valence-corrected chi connectivity index (χ1v) is 1.76. The zero-order chi connectivity index (χ0) is 7.44. The van der Waals surface area contributed by atoms with E-state index in [1.807, 2.05) is 0 Å². The maximum Gasteiger partial charge on any atom is 0.798 e. The summed E-state index contributed by atoms with van der Waals surface area (Å²) in [5.41, 5.74) is 0. The van der Waals surface area contributed by atoms with Gasteiger partial charge in [0.15, 0.2) is 0 Å². The van der Waals surface area contributed by atoms with E-state index >= 15 is 0 Å². The number of carboxylic acid groups (broad SMARTS) is 1. The molecule has 0 unspecified atom stereocenters. The molecular formula is C2HBF2O4. The molecular weight excluding hydrogens is 137 g/mol. The molecule has 4 nitrogen and oxygen atoms in total. The maximum absolute atomic E-state index is 10.9. The van der Waals surface area contributed by atoms with Crippen LogP contribution in [0.3, 0.4) is 0 Å². The summed E-state index contributed by atoms with van der Waals surface area (Å²) in [6.07, 6.45) is 0. The lowest BCUT2D eigenvalue weighted by molar-refractivity contribution is -0.159. The lowest BCUT2D eigenvalue weighted by atomic mass is 10.4. The SMILES string of the molecule is O=C(O)C(=O)OB(F)F. The Bertz CT molecular complexity index is 135. The molecule has 0 aliphatic heterocycles. The van der Waals surface area contributed by atoms with Crippen molar-refractivity contribution in [2.24, 2.45) is 0 Å². The zero-order valence-corrected chi connectivity index (χ0v) is 4.01. The zero-order valence-electron chi connectivity index (χ0n) is 4.01. The minimum Gasteiger partial charge on any atom is -0.473 e. The topological polar surface area (TPSA) is 63.6 Å². The highest BCUT2D eigenvalue weighted by Crippen LogP contribution is 1.88. The molecule has 9 heavy (non-hydrogen) atoms. The molecule has 50 valence electrons. The van der Waals surface area contributed by atoms with Crippen molar-refractivity contribution in [2.45, 2.75) is 0 Å². The van der Waals surface area contributed by atoms with Crippen LogP contribution in [0.5, 0.6) is 0 Å². The number of hydrogen-bond acceptors (Lipinski definition) is 3. The predicted octanol–water partition coefficient (Wildman–Crippen LogP) is -0.462. The van der Waals surface area contributed by atoms with Gasteiger partial charge in [-0.25, -0.2) is 18.2 Å². The molecule has 0 aromatic rings. The Morgan fingerprint density at radius 1 is 1.44 bits per heavy atom. The minimum atomic E-state index is -3.37. The average molecular weight is 138 g/mol. The van der Waals surface area contributed by atoms with Gasteiger partial charge in [0.25, 0.3) is 0 Å². The second kappa shape index (κ2) is 3.00. The van der Waals surface area contributed by atoms with Gasteiger partial charge in [0.2, 0.25) is 0 Å². The van der Waals surface area contributed by atoms with Crippen molar-refractivity contribution < 1.29 is 28.0 Å². The van der Waals surface area contributed by atoms with Gasteiger partial charge < -0.3 is 9.76 Å². The van der Waals surface area contributed by atoms with Gasteiger partial charge in [-0.3, -0.25) is 0 Å². The minimum absolute atomic E-state index is 1.95. The number of carbonyl (C=O) groups is 2. The van der Waals surface area contributed by atoms with Crippen molar-refractivity contribution in [1.29, 1.82) is 0 Å². The molecule has 0 rings (SSSR count). The maximum atomic E-state index is 10.9. The van der Waals surface area contributed by atoms with Gasteiger partial charge in [-0.05, 0) is 0 Å². The van der Waals surface area contributed by atoms with Crippen molar-refractivity contribution in [1.82, 2.24) is 0 Å². The molecule has 0 atom stereocenters. The number of aliphatic carboxylic acids is 1. The van der Waals surface area contributed by atoms with E-state index in [1.165, 1.54) is 0 Å². The van der Waals surface area contributed by atoms with Crippen LogP contribution < -0.4 is 0 Å². The number of halogens is 2. The van der Waals surface area contributed by atoms with Crippen LogP contribution in [0.25, 0.3) is 0 Å². The van der Waals surface area contributed by atoms with Crippen molar-refractivity contribution in [2.75, 3.05) is 0 Å². The second-order valence-corrected chi connectivity index (χ2v) is 0.971. The highest BCUT2D eigenvalue weighted by molar-refractivity contribution is 6.43. The van der Waals surface area contributed by atoms with Crippen molar-refractivity contribution in [3.05, 3.63) is 0 Å². The van der Waals surface area contributed by atoms with Gasteiger partial charge >= 0.3 is 19.4 Å². The molecule has 0 aromatic carbocycles. The van der Waals surface area contributed by atoms with Gasteiger partial charge in [0.1, 0.15) is 0 Å². The standard InChI is InChI=1S/C2HBF2O4/c4-3(5)9-2(8)1(6)7/h(H,6,7). The van der Waals surface area contributed by atoms with E-state index in [0.717, 1.165) is 0 Å². The van der Waals surface area contributed by atoms with E-state index in [2.05, 4.69) is 4.65 Å². The largest absolute Gasteiger partial charge is 0.798 e. The number of hydrogen-bond donors (Lipinski definition) is 1. The predicted molar refractivity (Wildman–Crippen MR) is 21.7 cm³/mol. The summed E-state index contributed by atoms with van der Waals surface area (Å²) >= 11 is 0. The first-order chi connectivity index (χ1) is 4.04. The molecule has 0 saturated carbocycles. The van der Waals surface area contributed by atoms with Gasteiger partial charge in [0.05, 0.1) is 0 Å². The summed E-state index contributed by atoms with van der Waals surface area (Å²) in [7, 11) is -3.37. The Morgan fingerprint density at radius 3 is 2.00 bits per heavy atom. The van der Waals surface area contributed by atoms with Crippen LogP contribution in [-0.4, -0.2) is 24.5 Å². The molecule has 0 radical (unpaired) electrons. The Labute approximate surface area is 48.6 Å². The average Bonchev–Trinajstić information content (AvgIpc) is 1.63. The Morgan fingerprint density at radius 2 is 1.89 bits per heavy atom. The van der Waals surface area contributed by atoms with Crippen LogP contribution in [0.1, 0.15) is 0 Å². The van der Waals surface area contributed by atoms with Crippen LogP contribution >= 0.6 is 0 Å². The van der Waals surface area contributed by atoms with Gasteiger partial charge in [-0.1, -0.05) is 0 Å². The first-order valence-electron chi connectivity index (χ1n) is 1.76. The monoisotopic (exact) mass is 138 g/mol. The Kier molecular flexibility index (Phi) is 2.63. The Hall–Kier alpha value is -1.14. The number of carboxylic acids is 1. The van der Waals surface area contributed by atoms with Gasteiger partial charge in [-0.2, -0.15) is 0 Å². The highest BCUT2D eigenvalue weighted by Gasteiger charge is 2.25. The van der Waals surface area contributed by atoms with Crippen LogP contribution in [0.4, 0.5) is 8.63 Å². The molecule has 0 heterocycles. The van der Waals surface area contributed by atoms with Crippen molar-refractivity contribution in [3.8, 4) is 0 Å². The molecule has 0 bridgehead atoms. The molecule has 1 N–H and O–H groups in total. The quantitative estimate of drug-likeness (QED) is 0.393. The van der Waals surface area contributed by atoms with Crippen molar-refractivity contribution in [3.63, 3.8) is 0 Å². The van der Waals surface area contributed by atoms with Gasteiger partial charge in [0, 0.05) is 0 Å². The smallest absolute Gasteiger partial charge is 0.473 e. The summed E-state index contributed by atoms with van der Waals surface area (Å²) in [4.78, 5) is 19.1. The fraction of sp³-hybridized carbons (Fsp3) is 0. The fourth-order valence-corrected chi connectivity index (χ4v) is 0.131. The molecule has 0 amide bonds. The van der Waals surface area contributed by atoms with E-state index < -0.39 is 19.4 Å². The lowest BCUT2D eigenvalue weighted by Crippen LogP contribution is -2.21. The van der Waals surface area contributed by atoms with Crippen LogP contribution in [0, 0.1) is 0 Å². The summed E-state index contributed by atoms with van der Waals surface area (Å²) in [6.45, 7) is 0. The van der Waals surface area contributed by atoms with Crippen LogP contribution in [0.15, 0.2) is 0 Å². The molecule has 0 spiro atoms. The summed E-state index contributed by atoms with van der Waals surface area (Å²) in [5, 5.41) is 7.62. The van der Waals surface area contributed by atoms with E-state index in [1.54, 1.807) is 0 Å². The molecule has 0 saturated heterocycles. The molecule has 7 heteroatoms. The number of rotatable bonds is 1. The van der Waals surface area contributed by atoms with E-state index in [-0.39, 0.29) is 0 Å². The molecule has 0 aliphatic rings. The van der Waals surface area contributed by atoms with Crippen LogP contribution in [-0.2, 0) is 14.2 Å². The van der Waals surface area contributed by atoms with Crippen LogP contribution in [0.2, 0.25) is 0 Å². The fourth-order valence-electron chi connectivity index (χ4n) is 0.131. The third-order valence-electron chi connectivity index (χ3n) is 0.371. The first kappa shape index (κ1) is 7.86. The highest BCUT2D eigenvalue weighted by atomic mass is 19.2. The molecule has 0 fully saturated rings. The van der Waals surface area contributed by atoms with Gasteiger partial charge in [-0.15, -0.1) is 0 Å². The van der Waals surface area contributed by atoms with E-state index in [0.29, 0.717) is 0 Å². The van der Waals surface area contributed by atoms with Crippen molar-refractivity contribution >= 4 is 19.4 Å².